The topological polar surface area (TPSA) is 85.3 Å². The molecule has 3 N–H and O–H groups in total. The Hall–Kier alpha value is -3.07. The maximum atomic E-state index is 12.3. The van der Waals surface area contributed by atoms with E-state index in [4.69, 9.17) is 4.74 Å². The van der Waals surface area contributed by atoms with Gasteiger partial charge in [-0.1, -0.05) is 24.0 Å². The van der Waals surface area contributed by atoms with Crippen LogP contribution in [-0.4, -0.2) is 70.6 Å². The predicted molar refractivity (Wildman–Crippen MR) is 111 cm³/mol. The van der Waals surface area contributed by atoms with Crippen LogP contribution in [0.25, 0.3) is 0 Å². The van der Waals surface area contributed by atoms with E-state index in [1.165, 1.54) is 6.92 Å². The number of aliphatic hydroxyl groups excluding tert-OH is 1. The fourth-order valence-electron chi connectivity index (χ4n) is 3.39. The number of ether oxygens (including phenoxy) is 1. The molecule has 3 rings (SSSR count). The number of hydroxylamine groups is 1. The molecule has 1 unspecified atom stereocenters. The number of aliphatic hydroxyl groups is 1. The minimum Gasteiger partial charge on any atom is -0.391 e. The Bertz CT molecular complexity index is 912. The van der Waals surface area contributed by atoms with Gasteiger partial charge in [0.25, 0.3) is 5.91 Å². The number of benzene rings is 1. The van der Waals surface area contributed by atoms with Gasteiger partial charge in [-0.3, -0.25) is 14.9 Å². The van der Waals surface area contributed by atoms with Gasteiger partial charge in [0.1, 0.15) is 12.2 Å². The SMILES string of the molecule is C[C@@H](O)[C@@H](C(=O)NO)N1C=C(C#CC#Cc2cc[c]cc2)C=CC1N1CCOCC1. The zero-order valence-corrected chi connectivity index (χ0v) is 16.7. The highest BCUT2D eigenvalue weighted by molar-refractivity contribution is 5.81. The molecule has 1 radical (unpaired) electrons. The summed E-state index contributed by atoms with van der Waals surface area (Å²) in [5, 5.41) is 19.4. The van der Waals surface area contributed by atoms with Crippen molar-refractivity contribution in [3.8, 4) is 23.7 Å². The summed E-state index contributed by atoms with van der Waals surface area (Å²) >= 11 is 0. The average Bonchev–Trinajstić information content (AvgIpc) is 2.78. The fourth-order valence-corrected chi connectivity index (χ4v) is 3.39. The van der Waals surface area contributed by atoms with E-state index in [-0.39, 0.29) is 6.17 Å². The van der Waals surface area contributed by atoms with Crippen LogP contribution in [0.4, 0.5) is 0 Å². The number of hydrogen-bond donors (Lipinski definition) is 3. The highest BCUT2D eigenvalue weighted by Gasteiger charge is 2.36. The Balaban J connectivity index is 1.86. The number of carbonyl (C=O) groups excluding carboxylic acids is 1. The smallest absolute Gasteiger partial charge is 0.268 e. The van der Waals surface area contributed by atoms with Crippen molar-refractivity contribution in [2.24, 2.45) is 0 Å². The predicted octanol–water partition coefficient (Wildman–Crippen LogP) is 0.510. The molecular formula is C23H24N3O4. The van der Waals surface area contributed by atoms with Gasteiger partial charge in [0.2, 0.25) is 0 Å². The van der Waals surface area contributed by atoms with Crippen molar-refractivity contribution in [1.29, 1.82) is 0 Å². The van der Waals surface area contributed by atoms with Crippen molar-refractivity contribution in [2.75, 3.05) is 26.3 Å². The van der Waals surface area contributed by atoms with Gasteiger partial charge in [0, 0.05) is 30.4 Å². The van der Waals surface area contributed by atoms with Gasteiger partial charge in [-0.2, -0.15) is 0 Å². The number of carbonyl (C=O) groups is 1. The average molecular weight is 406 g/mol. The first-order valence-electron chi connectivity index (χ1n) is 9.69. The van der Waals surface area contributed by atoms with Gasteiger partial charge < -0.3 is 14.7 Å². The number of amides is 1. The number of hydrogen-bond acceptors (Lipinski definition) is 6. The van der Waals surface area contributed by atoms with Crippen molar-refractivity contribution in [3.05, 3.63) is 59.8 Å². The van der Waals surface area contributed by atoms with Crippen molar-refractivity contribution in [1.82, 2.24) is 15.3 Å². The van der Waals surface area contributed by atoms with Gasteiger partial charge in [-0.05, 0) is 49.1 Å². The van der Waals surface area contributed by atoms with E-state index in [9.17, 15) is 15.1 Å². The normalized spacial score (nSPS) is 20.7. The molecule has 155 valence electrons. The molecule has 30 heavy (non-hydrogen) atoms. The van der Waals surface area contributed by atoms with E-state index in [0.717, 1.165) is 5.56 Å². The first kappa shape index (κ1) is 21.6. The quantitative estimate of drug-likeness (QED) is 0.384. The largest absolute Gasteiger partial charge is 0.391 e. The molecule has 2 aliphatic heterocycles. The third-order valence-corrected chi connectivity index (χ3v) is 4.81. The lowest BCUT2D eigenvalue weighted by Crippen LogP contribution is -2.59. The molecule has 7 heteroatoms. The molecule has 1 amide bonds. The second-order valence-corrected chi connectivity index (χ2v) is 6.90. The molecule has 0 aromatic heterocycles. The molecule has 1 aromatic rings. The molecule has 2 heterocycles. The summed E-state index contributed by atoms with van der Waals surface area (Å²) in [4.78, 5) is 16.1. The lowest BCUT2D eigenvalue weighted by Gasteiger charge is -2.44. The summed E-state index contributed by atoms with van der Waals surface area (Å²) in [7, 11) is 0. The van der Waals surface area contributed by atoms with Crippen LogP contribution >= 0.6 is 0 Å². The highest BCUT2D eigenvalue weighted by atomic mass is 16.5. The van der Waals surface area contributed by atoms with E-state index < -0.39 is 18.1 Å². The van der Waals surface area contributed by atoms with E-state index in [1.807, 2.05) is 24.3 Å². The summed E-state index contributed by atoms with van der Waals surface area (Å²) < 4.78 is 5.42. The molecule has 7 nitrogen and oxygen atoms in total. The van der Waals surface area contributed by atoms with E-state index in [0.29, 0.717) is 31.9 Å². The first-order chi connectivity index (χ1) is 14.6. The van der Waals surface area contributed by atoms with Crippen molar-refractivity contribution in [2.45, 2.75) is 25.2 Å². The minimum atomic E-state index is -1.02. The van der Waals surface area contributed by atoms with E-state index >= 15 is 0 Å². The van der Waals surface area contributed by atoms with E-state index in [2.05, 4.69) is 34.6 Å². The number of nitrogens with one attached hydrogen (secondary N) is 1. The Morgan fingerprint density at radius 1 is 1.27 bits per heavy atom. The van der Waals surface area contributed by atoms with Crippen LogP contribution in [0.1, 0.15) is 12.5 Å². The van der Waals surface area contributed by atoms with Crippen LogP contribution in [0.2, 0.25) is 0 Å². The van der Waals surface area contributed by atoms with Crippen molar-refractivity contribution < 1.29 is 19.8 Å². The van der Waals surface area contributed by atoms with Gasteiger partial charge in [0.05, 0.1) is 19.3 Å². The Morgan fingerprint density at radius 2 is 1.97 bits per heavy atom. The second-order valence-electron chi connectivity index (χ2n) is 6.90. The minimum absolute atomic E-state index is 0.275. The van der Waals surface area contributed by atoms with Crippen LogP contribution in [0.5, 0.6) is 0 Å². The number of allylic oxidation sites excluding steroid dienone is 2. The number of rotatable bonds is 4. The monoisotopic (exact) mass is 406 g/mol. The Labute approximate surface area is 176 Å². The molecule has 2 aliphatic rings. The van der Waals surface area contributed by atoms with Crippen LogP contribution in [0, 0.1) is 29.7 Å². The van der Waals surface area contributed by atoms with Crippen LogP contribution in [0.3, 0.4) is 0 Å². The summed E-state index contributed by atoms with van der Waals surface area (Å²) in [6.45, 7) is 4.07. The Kier molecular flexibility index (Phi) is 7.67. The summed E-state index contributed by atoms with van der Waals surface area (Å²) in [6.07, 6.45) is 4.23. The second kappa shape index (κ2) is 10.6. The van der Waals surface area contributed by atoms with Crippen LogP contribution in [0.15, 0.2) is 48.2 Å². The zero-order valence-electron chi connectivity index (χ0n) is 16.7. The van der Waals surface area contributed by atoms with Crippen molar-refractivity contribution in [3.63, 3.8) is 0 Å². The molecule has 1 fully saturated rings. The third-order valence-electron chi connectivity index (χ3n) is 4.81. The molecule has 1 saturated heterocycles. The summed E-state index contributed by atoms with van der Waals surface area (Å²) in [5.41, 5.74) is 3.15. The number of nitrogens with zero attached hydrogens (tertiary/aromatic N) is 2. The van der Waals surface area contributed by atoms with Gasteiger partial charge in [-0.25, -0.2) is 5.48 Å². The molecule has 0 bridgehead atoms. The first-order valence-corrected chi connectivity index (χ1v) is 9.69. The van der Waals surface area contributed by atoms with Crippen molar-refractivity contribution >= 4 is 5.91 Å². The summed E-state index contributed by atoms with van der Waals surface area (Å²) in [6, 6.07) is 9.22. The highest BCUT2D eigenvalue weighted by Crippen LogP contribution is 2.22. The zero-order chi connectivity index (χ0) is 21.3. The summed E-state index contributed by atoms with van der Waals surface area (Å²) in [5.74, 6) is 10.9. The molecule has 0 aliphatic carbocycles. The molecule has 1 aromatic carbocycles. The third kappa shape index (κ3) is 5.50. The van der Waals surface area contributed by atoms with Gasteiger partial charge >= 0.3 is 0 Å². The molecule has 0 saturated carbocycles. The lowest BCUT2D eigenvalue weighted by atomic mass is 10.0. The number of morpholine rings is 1. The standard InChI is InChI=1S/C23H24N3O4/c1-18(27)22(23(28)24-29)26-17-20(10-6-5-9-19-7-3-2-4-8-19)11-12-21(26)25-13-15-30-16-14-25/h3-4,7-8,11-12,17-18,21-22,27,29H,13-16H2,1H3,(H,24,28)/t18-,21?,22+/m1/s1. The molecule has 0 spiro atoms. The van der Waals surface area contributed by atoms with Gasteiger partial charge in [0.15, 0.2) is 0 Å². The Morgan fingerprint density at radius 3 is 2.63 bits per heavy atom. The molecular weight excluding hydrogens is 382 g/mol. The van der Waals surface area contributed by atoms with Crippen LogP contribution < -0.4 is 5.48 Å². The maximum absolute atomic E-state index is 12.3. The van der Waals surface area contributed by atoms with Gasteiger partial charge in [-0.15, -0.1) is 0 Å². The lowest BCUT2D eigenvalue weighted by molar-refractivity contribution is -0.140. The molecule has 3 atom stereocenters. The fraction of sp³-hybridized carbons (Fsp3) is 0.348. The van der Waals surface area contributed by atoms with Crippen LogP contribution in [-0.2, 0) is 9.53 Å². The van der Waals surface area contributed by atoms with E-state index in [1.54, 1.807) is 28.7 Å². The maximum Gasteiger partial charge on any atom is 0.268 e.